The van der Waals surface area contributed by atoms with Crippen LogP contribution in [0.25, 0.3) is 0 Å². The number of likely N-dealkylation sites (tertiary alicyclic amines) is 1. The van der Waals surface area contributed by atoms with Crippen LogP contribution in [0.3, 0.4) is 0 Å². The second-order valence-electron chi connectivity index (χ2n) is 6.82. The quantitative estimate of drug-likeness (QED) is 0.806. The lowest BCUT2D eigenvalue weighted by molar-refractivity contribution is 0.1000. The van der Waals surface area contributed by atoms with Gasteiger partial charge in [-0.2, -0.15) is 0 Å². The molecule has 0 bridgehead atoms. The molecule has 2 heterocycles. The molecule has 2 N–H and O–H groups in total. The molecule has 3 rings (SSSR count). The van der Waals surface area contributed by atoms with Gasteiger partial charge in [-0.3, -0.25) is 9.69 Å². The number of benzene rings is 1. The predicted octanol–water partition coefficient (Wildman–Crippen LogP) is 4.30. The number of amides is 1. The van der Waals surface area contributed by atoms with Crippen molar-refractivity contribution >= 4 is 5.91 Å². The summed E-state index contributed by atoms with van der Waals surface area (Å²) in [4.78, 5) is 17.8. The summed E-state index contributed by atoms with van der Waals surface area (Å²) in [5.41, 5.74) is 6.94. The van der Waals surface area contributed by atoms with Gasteiger partial charge >= 0.3 is 0 Å². The van der Waals surface area contributed by atoms with Gasteiger partial charge < -0.3 is 10.5 Å². The summed E-state index contributed by atoms with van der Waals surface area (Å²) in [5.74, 6) is 0.693. The van der Waals surface area contributed by atoms with Crippen molar-refractivity contribution in [2.75, 3.05) is 13.1 Å². The number of ether oxygens (including phenoxy) is 1. The van der Waals surface area contributed by atoms with Crippen LogP contribution in [0.4, 0.5) is 0 Å². The first-order valence-corrected chi connectivity index (χ1v) is 9.45. The number of nitrogens with two attached hydrogens (primary N) is 1. The smallest absolute Gasteiger partial charge is 0.250 e. The molecule has 0 aliphatic carbocycles. The first-order valence-electron chi connectivity index (χ1n) is 9.45. The normalized spacial score (nSPS) is 16.2. The van der Waals surface area contributed by atoms with Crippen LogP contribution in [0.2, 0.25) is 0 Å². The highest BCUT2D eigenvalue weighted by molar-refractivity contribution is 5.92. The van der Waals surface area contributed by atoms with Crippen molar-refractivity contribution in [3.05, 3.63) is 53.7 Å². The molecular formula is C21H27N3O2. The molecule has 5 nitrogen and oxygen atoms in total. The molecule has 26 heavy (non-hydrogen) atoms. The Balaban J connectivity index is 1.68. The van der Waals surface area contributed by atoms with Crippen molar-refractivity contribution in [3.8, 4) is 11.6 Å². The van der Waals surface area contributed by atoms with Crippen LogP contribution in [-0.2, 0) is 0 Å². The van der Waals surface area contributed by atoms with Gasteiger partial charge in [0.25, 0.3) is 0 Å². The molecular weight excluding hydrogens is 326 g/mol. The zero-order valence-electron chi connectivity index (χ0n) is 15.4. The number of piperidine rings is 1. The maximum atomic E-state index is 11.1. The minimum absolute atomic E-state index is 0.372. The van der Waals surface area contributed by atoms with Gasteiger partial charge in [-0.15, -0.1) is 0 Å². The molecule has 5 heteroatoms. The minimum atomic E-state index is -0.493. The summed E-state index contributed by atoms with van der Waals surface area (Å²) in [6.07, 6.45) is 7.73. The number of nitrogens with zero attached hydrogens (tertiary/aromatic N) is 2. The van der Waals surface area contributed by atoms with E-state index >= 15 is 0 Å². The molecule has 138 valence electrons. The second-order valence-corrected chi connectivity index (χ2v) is 6.82. The average Bonchev–Trinajstić information content (AvgIpc) is 2.68. The second kappa shape index (κ2) is 8.81. The zero-order valence-corrected chi connectivity index (χ0v) is 15.4. The molecule has 1 fully saturated rings. The molecule has 0 saturated carbocycles. The van der Waals surface area contributed by atoms with Crippen LogP contribution >= 0.6 is 0 Å². The highest BCUT2D eigenvalue weighted by atomic mass is 16.5. The summed E-state index contributed by atoms with van der Waals surface area (Å²) in [6, 6.07) is 12.1. The molecule has 2 aromatic rings. The number of pyridine rings is 1. The van der Waals surface area contributed by atoms with E-state index in [9.17, 15) is 4.79 Å². The third kappa shape index (κ3) is 4.61. The van der Waals surface area contributed by atoms with E-state index in [4.69, 9.17) is 10.5 Å². The van der Waals surface area contributed by atoms with Crippen molar-refractivity contribution in [1.82, 2.24) is 9.88 Å². The summed E-state index contributed by atoms with van der Waals surface area (Å²) >= 11 is 0. The van der Waals surface area contributed by atoms with Crippen LogP contribution in [-0.4, -0.2) is 28.9 Å². The number of rotatable bonds is 7. The molecule has 1 atom stereocenters. The van der Waals surface area contributed by atoms with E-state index in [1.54, 1.807) is 12.1 Å². The Bertz CT molecular complexity index is 707. The minimum Gasteiger partial charge on any atom is -0.439 e. The SMILES string of the molecule is CCCC(c1ccc(Oc2ccc(C(N)=O)cn2)cc1)N1CCCCC1. The number of primary amides is 1. The number of hydrogen-bond acceptors (Lipinski definition) is 4. The standard InChI is InChI=1S/C21H27N3O2/c1-2-6-19(24-13-4-3-5-14-24)16-7-10-18(11-8-16)26-20-12-9-17(15-23-20)21(22)25/h7-12,15,19H,2-6,13-14H2,1H3,(H2,22,25). The van der Waals surface area contributed by atoms with Gasteiger partial charge in [0.15, 0.2) is 0 Å². The Hall–Kier alpha value is -2.40. The van der Waals surface area contributed by atoms with Gasteiger partial charge in [0.2, 0.25) is 11.8 Å². The molecule has 1 amide bonds. The van der Waals surface area contributed by atoms with E-state index in [1.165, 1.54) is 57.0 Å². The molecule has 1 aliphatic heterocycles. The maximum Gasteiger partial charge on any atom is 0.250 e. The summed E-state index contributed by atoms with van der Waals surface area (Å²) in [7, 11) is 0. The molecule has 1 saturated heterocycles. The first-order chi connectivity index (χ1) is 12.7. The van der Waals surface area contributed by atoms with Gasteiger partial charge in [-0.05, 0) is 56.1 Å². The number of hydrogen-bond donors (Lipinski definition) is 1. The van der Waals surface area contributed by atoms with E-state index < -0.39 is 5.91 Å². The number of carbonyl (C=O) groups excluding carboxylic acids is 1. The average molecular weight is 353 g/mol. The van der Waals surface area contributed by atoms with Crippen molar-refractivity contribution in [1.29, 1.82) is 0 Å². The Morgan fingerprint density at radius 2 is 1.88 bits per heavy atom. The molecule has 0 spiro atoms. The van der Waals surface area contributed by atoms with Crippen molar-refractivity contribution in [2.45, 2.75) is 45.1 Å². The lowest BCUT2D eigenvalue weighted by Gasteiger charge is -2.35. The van der Waals surface area contributed by atoms with Gasteiger partial charge in [0, 0.05) is 18.3 Å². The van der Waals surface area contributed by atoms with Gasteiger partial charge in [0.05, 0.1) is 5.56 Å². The van der Waals surface area contributed by atoms with E-state index in [1.807, 2.05) is 12.1 Å². The Morgan fingerprint density at radius 3 is 2.46 bits per heavy atom. The topological polar surface area (TPSA) is 68.5 Å². The van der Waals surface area contributed by atoms with Gasteiger partial charge in [0.1, 0.15) is 5.75 Å². The van der Waals surface area contributed by atoms with E-state index in [-0.39, 0.29) is 0 Å². The predicted molar refractivity (Wildman–Crippen MR) is 102 cm³/mol. The third-order valence-corrected chi connectivity index (χ3v) is 4.90. The lowest BCUT2D eigenvalue weighted by Crippen LogP contribution is -2.33. The van der Waals surface area contributed by atoms with Crippen molar-refractivity contribution in [3.63, 3.8) is 0 Å². The highest BCUT2D eigenvalue weighted by Crippen LogP contribution is 2.30. The van der Waals surface area contributed by atoms with E-state index in [0.717, 1.165) is 5.75 Å². The largest absolute Gasteiger partial charge is 0.439 e. The maximum absolute atomic E-state index is 11.1. The van der Waals surface area contributed by atoms with Gasteiger partial charge in [-0.1, -0.05) is 31.9 Å². The van der Waals surface area contributed by atoms with Crippen LogP contribution in [0, 0.1) is 0 Å². The van der Waals surface area contributed by atoms with Crippen LogP contribution in [0.5, 0.6) is 11.6 Å². The lowest BCUT2D eigenvalue weighted by atomic mass is 9.98. The summed E-state index contributed by atoms with van der Waals surface area (Å²) in [5, 5.41) is 0. The van der Waals surface area contributed by atoms with E-state index in [0.29, 0.717) is 17.5 Å². The monoisotopic (exact) mass is 353 g/mol. The van der Waals surface area contributed by atoms with Crippen LogP contribution in [0.15, 0.2) is 42.6 Å². The Kier molecular flexibility index (Phi) is 6.23. The molecule has 0 radical (unpaired) electrons. The molecule has 1 aliphatic rings. The third-order valence-electron chi connectivity index (χ3n) is 4.90. The molecule has 1 aromatic carbocycles. The molecule has 1 unspecified atom stereocenters. The van der Waals surface area contributed by atoms with Crippen LogP contribution in [0.1, 0.15) is 61.0 Å². The van der Waals surface area contributed by atoms with Gasteiger partial charge in [-0.25, -0.2) is 4.98 Å². The fraction of sp³-hybridized carbons (Fsp3) is 0.429. The Morgan fingerprint density at radius 1 is 1.15 bits per heavy atom. The zero-order chi connectivity index (χ0) is 18.4. The number of carbonyl (C=O) groups is 1. The first kappa shape index (κ1) is 18.4. The number of aromatic nitrogens is 1. The van der Waals surface area contributed by atoms with Crippen molar-refractivity contribution in [2.24, 2.45) is 5.73 Å². The summed E-state index contributed by atoms with van der Waals surface area (Å²) in [6.45, 7) is 4.63. The fourth-order valence-electron chi connectivity index (χ4n) is 3.53. The van der Waals surface area contributed by atoms with E-state index in [2.05, 4.69) is 28.9 Å². The summed E-state index contributed by atoms with van der Waals surface area (Å²) < 4.78 is 5.78. The van der Waals surface area contributed by atoms with Crippen molar-refractivity contribution < 1.29 is 9.53 Å². The fourth-order valence-corrected chi connectivity index (χ4v) is 3.53. The van der Waals surface area contributed by atoms with Crippen LogP contribution < -0.4 is 10.5 Å². The Labute approximate surface area is 155 Å². The highest BCUT2D eigenvalue weighted by Gasteiger charge is 2.21. The molecule has 1 aromatic heterocycles.